The number of aromatic hydroxyl groups is 1. The summed E-state index contributed by atoms with van der Waals surface area (Å²) in [5, 5.41) is 9.24. The van der Waals surface area contributed by atoms with Crippen molar-refractivity contribution >= 4 is 0 Å². The van der Waals surface area contributed by atoms with Crippen LogP contribution in [-0.4, -0.2) is 18.3 Å². The van der Waals surface area contributed by atoms with Crippen molar-refractivity contribution in [1.82, 2.24) is 0 Å². The van der Waals surface area contributed by atoms with E-state index in [1.165, 1.54) is 6.42 Å². The van der Waals surface area contributed by atoms with Crippen LogP contribution in [0, 0.1) is 0 Å². The number of ether oxygens (including phenoxy) is 2. The first-order valence-electron chi connectivity index (χ1n) is 4.83. The standard InChI is InChI=1S/C11H14O3/c1-13-11-7-8(12)5-6-10(11)14-9-3-2-4-9/h5-7,9,12H,2-4H2,1H3. The van der Waals surface area contributed by atoms with Crippen LogP contribution in [0.5, 0.6) is 17.2 Å². The Morgan fingerprint density at radius 1 is 1.29 bits per heavy atom. The zero-order valence-electron chi connectivity index (χ0n) is 8.19. The molecule has 1 fully saturated rings. The Hall–Kier alpha value is -1.38. The molecule has 0 aromatic heterocycles. The van der Waals surface area contributed by atoms with E-state index < -0.39 is 0 Å². The van der Waals surface area contributed by atoms with Gasteiger partial charge in [0.15, 0.2) is 11.5 Å². The summed E-state index contributed by atoms with van der Waals surface area (Å²) in [6.45, 7) is 0. The second-order valence-corrected chi connectivity index (χ2v) is 3.51. The second kappa shape index (κ2) is 3.78. The topological polar surface area (TPSA) is 38.7 Å². The second-order valence-electron chi connectivity index (χ2n) is 3.51. The third-order valence-corrected chi connectivity index (χ3v) is 2.49. The molecule has 2 rings (SSSR count). The van der Waals surface area contributed by atoms with Gasteiger partial charge in [-0.25, -0.2) is 0 Å². The van der Waals surface area contributed by atoms with E-state index >= 15 is 0 Å². The van der Waals surface area contributed by atoms with Crippen LogP contribution >= 0.6 is 0 Å². The monoisotopic (exact) mass is 194 g/mol. The van der Waals surface area contributed by atoms with E-state index in [-0.39, 0.29) is 5.75 Å². The van der Waals surface area contributed by atoms with Crippen LogP contribution in [0.15, 0.2) is 18.2 Å². The van der Waals surface area contributed by atoms with E-state index in [0.29, 0.717) is 11.9 Å². The fraction of sp³-hybridized carbons (Fsp3) is 0.455. The highest BCUT2D eigenvalue weighted by atomic mass is 16.5. The molecule has 0 bridgehead atoms. The first kappa shape index (κ1) is 9.19. The molecule has 0 spiro atoms. The van der Waals surface area contributed by atoms with Crippen molar-refractivity contribution in [3.63, 3.8) is 0 Å². The van der Waals surface area contributed by atoms with E-state index in [4.69, 9.17) is 9.47 Å². The number of hydrogen-bond acceptors (Lipinski definition) is 3. The van der Waals surface area contributed by atoms with Gasteiger partial charge in [-0.2, -0.15) is 0 Å². The molecule has 1 aliphatic rings. The third-order valence-electron chi connectivity index (χ3n) is 2.49. The Morgan fingerprint density at radius 3 is 2.64 bits per heavy atom. The Kier molecular flexibility index (Phi) is 2.48. The molecular formula is C11H14O3. The fourth-order valence-corrected chi connectivity index (χ4v) is 1.42. The van der Waals surface area contributed by atoms with Crippen LogP contribution in [-0.2, 0) is 0 Å². The molecule has 1 N–H and O–H groups in total. The van der Waals surface area contributed by atoms with Crippen molar-refractivity contribution < 1.29 is 14.6 Å². The molecule has 3 heteroatoms. The number of rotatable bonds is 3. The predicted octanol–water partition coefficient (Wildman–Crippen LogP) is 2.33. The minimum Gasteiger partial charge on any atom is -0.508 e. The summed E-state index contributed by atoms with van der Waals surface area (Å²) < 4.78 is 10.8. The van der Waals surface area contributed by atoms with Crippen LogP contribution in [0.4, 0.5) is 0 Å². The molecule has 0 unspecified atom stereocenters. The Labute approximate surface area is 83.3 Å². The van der Waals surface area contributed by atoms with E-state index in [2.05, 4.69) is 0 Å². The smallest absolute Gasteiger partial charge is 0.164 e. The molecule has 1 aromatic carbocycles. The van der Waals surface area contributed by atoms with Crippen LogP contribution in [0.2, 0.25) is 0 Å². The van der Waals surface area contributed by atoms with Gasteiger partial charge in [0.25, 0.3) is 0 Å². The lowest BCUT2D eigenvalue weighted by atomic mass is 9.96. The maximum Gasteiger partial charge on any atom is 0.164 e. The van der Waals surface area contributed by atoms with Crippen LogP contribution in [0.1, 0.15) is 19.3 Å². The predicted molar refractivity (Wildman–Crippen MR) is 52.9 cm³/mol. The minimum atomic E-state index is 0.197. The zero-order valence-corrected chi connectivity index (χ0v) is 8.19. The molecule has 76 valence electrons. The molecule has 0 aliphatic heterocycles. The van der Waals surface area contributed by atoms with Gasteiger partial charge in [-0.15, -0.1) is 0 Å². The Bertz CT molecular complexity index is 318. The van der Waals surface area contributed by atoms with E-state index in [1.807, 2.05) is 0 Å². The molecule has 0 saturated heterocycles. The average molecular weight is 194 g/mol. The van der Waals surface area contributed by atoms with E-state index in [9.17, 15) is 5.11 Å². The largest absolute Gasteiger partial charge is 0.508 e. The van der Waals surface area contributed by atoms with E-state index in [0.717, 1.165) is 18.6 Å². The number of phenols is 1. The lowest BCUT2D eigenvalue weighted by molar-refractivity contribution is 0.116. The summed E-state index contributed by atoms with van der Waals surface area (Å²) in [7, 11) is 1.57. The Balaban J connectivity index is 2.14. The van der Waals surface area contributed by atoms with Crippen molar-refractivity contribution in [2.45, 2.75) is 25.4 Å². The molecular weight excluding hydrogens is 180 g/mol. The maximum atomic E-state index is 9.24. The number of methoxy groups -OCH3 is 1. The van der Waals surface area contributed by atoms with Crippen LogP contribution < -0.4 is 9.47 Å². The van der Waals surface area contributed by atoms with Crippen molar-refractivity contribution in [3.05, 3.63) is 18.2 Å². The summed E-state index contributed by atoms with van der Waals surface area (Å²) in [5.41, 5.74) is 0. The van der Waals surface area contributed by atoms with Gasteiger partial charge in [-0.1, -0.05) is 0 Å². The number of hydrogen-bond donors (Lipinski definition) is 1. The highest BCUT2D eigenvalue weighted by molar-refractivity contribution is 5.45. The normalized spacial score (nSPS) is 16.1. The molecule has 0 atom stereocenters. The molecule has 1 aliphatic carbocycles. The third kappa shape index (κ3) is 1.76. The summed E-state index contributed by atoms with van der Waals surface area (Å²) in [5.74, 6) is 1.51. The number of phenolic OH excluding ortho intramolecular Hbond substituents is 1. The van der Waals surface area contributed by atoms with Crippen molar-refractivity contribution in [2.24, 2.45) is 0 Å². The molecule has 0 heterocycles. The molecule has 0 amide bonds. The van der Waals surface area contributed by atoms with Gasteiger partial charge in [-0.05, 0) is 31.4 Å². The van der Waals surface area contributed by atoms with Gasteiger partial charge >= 0.3 is 0 Å². The van der Waals surface area contributed by atoms with Crippen molar-refractivity contribution in [1.29, 1.82) is 0 Å². The van der Waals surface area contributed by atoms with Gasteiger partial charge in [0.2, 0.25) is 0 Å². The summed E-state index contributed by atoms with van der Waals surface area (Å²) >= 11 is 0. The van der Waals surface area contributed by atoms with Gasteiger partial charge in [-0.3, -0.25) is 0 Å². The number of benzene rings is 1. The average Bonchev–Trinajstić information content (AvgIpc) is 2.13. The summed E-state index contributed by atoms with van der Waals surface area (Å²) in [6, 6.07) is 4.91. The lowest BCUT2D eigenvalue weighted by Crippen LogP contribution is -2.24. The summed E-state index contributed by atoms with van der Waals surface area (Å²) in [4.78, 5) is 0. The van der Waals surface area contributed by atoms with Crippen molar-refractivity contribution in [2.75, 3.05) is 7.11 Å². The molecule has 3 nitrogen and oxygen atoms in total. The molecule has 0 radical (unpaired) electrons. The summed E-state index contributed by atoms with van der Waals surface area (Å²) in [6.07, 6.45) is 3.80. The fourth-order valence-electron chi connectivity index (χ4n) is 1.42. The van der Waals surface area contributed by atoms with Gasteiger partial charge in [0, 0.05) is 6.07 Å². The molecule has 1 aromatic rings. The highest BCUT2D eigenvalue weighted by Gasteiger charge is 2.20. The van der Waals surface area contributed by atoms with Gasteiger partial charge in [0.1, 0.15) is 5.75 Å². The van der Waals surface area contributed by atoms with Crippen LogP contribution in [0.3, 0.4) is 0 Å². The quantitative estimate of drug-likeness (QED) is 0.802. The molecule has 14 heavy (non-hydrogen) atoms. The highest BCUT2D eigenvalue weighted by Crippen LogP contribution is 2.34. The van der Waals surface area contributed by atoms with Gasteiger partial charge < -0.3 is 14.6 Å². The Morgan fingerprint density at radius 2 is 2.07 bits per heavy atom. The first-order chi connectivity index (χ1) is 6.79. The first-order valence-corrected chi connectivity index (χ1v) is 4.83. The molecule has 1 saturated carbocycles. The van der Waals surface area contributed by atoms with Gasteiger partial charge in [0.05, 0.1) is 13.2 Å². The maximum absolute atomic E-state index is 9.24. The SMILES string of the molecule is COc1cc(O)ccc1OC1CCC1. The zero-order chi connectivity index (χ0) is 9.97. The van der Waals surface area contributed by atoms with E-state index in [1.54, 1.807) is 25.3 Å². The van der Waals surface area contributed by atoms with Crippen LogP contribution in [0.25, 0.3) is 0 Å². The van der Waals surface area contributed by atoms with Crippen molar-refractivity contribution in [3.8, 4) is 17.2 Å². The minimum absolute atomic E-state index is 0.197. The lowest BCUT2D eigenvalue weighted by Gasteiger charge is -2.27.